The molecule has 36 heavy (non-hydrogen) atoms. The summed E-state index contributed by atoms with van der Waals surface area (Å²) in [5.74, 6) is -42.3. The van der Waals surface area contributed by atoms with Crippen LogP contribution >= 0.6 is 0 Å². The highest BCUT2D eigenvalue weighted by molar-refractivity contribution is 6.02. The van der Waals surface area contributed by atoms with Crippen LogP contribution in [0.1, 0.15) is 5.56 Å². The minimum Gasteiger partial charge on any atom is -0.496 e. The number of hydrogen-bond acceptors (Lipinski definition) is 3. The molecule has 0 aromatic heterocycles. The van der Waals surface area contributed by atoms with E-state index in [1.54, 1.807) is 12.1 Å². The number of halogens is 13. The van der Waals surface area contributed by atoms with Gasteiger partial charge in [-0.05, 0) is 16.8 Å². The normalized spacial score (nSPS) is 14.4. The van der Waals surface area contributed by atoms with Gasteiger partial charge in [-0.25, -0.2) is 5.43 Å². The van der Waals surface area contributed by atoms with E-state index in [0.29, 0.717) is 17.0 Å². The lowest BCUT2D eigenvalue weighted by Gasteiger charge is -2.38. The fourth-order valence-electron chi connectivity index (χ4n) is 2.72. The first-order chi connectivity index (χ1) is 16.2. The molecule has 2 aromatic rings. The molecule has 0 fully saturated rings. The SMILES string of the molecule is COc1ccc2ccccc2c1/C=N/NC(=O)C(F)(F)C(F)(F)C(F)(F)C(F)(F)C(F)(F)C(F)(F)F. The second-order valence-corrected chi connectivity index (χ2v) is 6.97. The van der Waals surface area contributed by atoms with Gasteiger partial charge in [-0.1, -0.05) is 30.3 Å². The van der Waals surface area contributed by atoms with Gasteiger partial charge in [-0.2, -0.15) is 62.2 Å². The molecule has 1 amide bonds. The molecule has 0 aliphatic heterocycles. The number of amides is 1. The van der Waals surface area contributed by atoms with Gasteiger partial charge >= 0.3 is 41.7 Å². The Kier molecular flexibility index (Phi) is 7.23. The smallest absolute Gasteiger partial charge is 0.460 e. The highest BCUT2D eigenvalue weighted by Gasteiger charge is 2.91. The molecule has 0 atom stereocenters. The van der Waals surface area contributed by atoms with Crippen molar-refractivity contribution in [2.24, 2.45) is 5.10 Å². The second-order valence-electron chi connectivity index (χ2n) is 6.97. The first-order valence-electron chi connectivity index (χ1n) is 9.03. The average Bonchev–Trinajstić information content (AvgIpc) is 2.77. The van der Waals surface area contributed by atoms with Crippen LogP contribution in [0.3, 0.4) is 0 Å². The highest BCUT2D eigenvalue weighted by atomic mass is 19.4. The maximum Gasteiger partial charge on any atom is 0.460 e. The number of nitrogens with one attached hydrogen (secondary N) is 1. The largest absolute Gasteiger partial charge is 0.496 e. The molecular weight excluding hydrogens is 535 g/mol. The molecule has 17 heteroatoms. The van der Waals surface area contributed by atoms with Gasteiger partial charge in [0.05, 0.1) is 13.3 Å². The van der Waals surface area contributed by atoms with Crippen LogP contribution < -0.4 is 10.2 Å². The third kappa shape index (κ3) is 4.27. The van der Waals surface area contributed by atoms with E-state index in [9.17, 15) is 61.9 Å². The Morgan fingerprint density at radius 1 is 0.778 bits per heavy atom. The molecule has 200 valence electrons. The molecule has 4 nitrogen and oxygen atoms in total. The maximum absolute atomic E-state index is 13.8. The topological polar surface area (TPSA) is 50.7 Å². The summed E-state index contributed by atoms with van der Waals surface area (Å²) < 4.78 is 176. The van der Waals surface area contributed by atoms with Gasteiger partial charge in [0, 0.05) is 5.56 Å². The number of alkyl halides is 13. The average molecular weight is 546 g/mol. The van der Waals surface area contributed by atoms with Crippen molar-refractivity contribution in [1.82, 2.24) is 5.43 Å². The summed E-state index contributed by atoms with van der Waals surface area (Å²) in [5.41, 5.74) is 0.567. The quantitative estimate of drug-likeness (QED) is 0.250. The van der Waals surface area contributed by atoms with E-state index in [2.05, 4.69) is 5.10 Å². The lowest BCUT2D eigenvalue weighted by molar-refractivity contribution is -0.436. The standard InChI is InChI=1S/C19H11F13N2O2/c1-36-12-7-6-9-4-2-3-5-10(9)11(12)8-33-34-13(35)14(20,21)15(22,23)16(24,25)17(26,27)18(28,29)19(30,31)32/h2-8H,1H3,(H,34,35)/b33-8+. The summed E-state index contributed by atoms with van der Waals surface area (Å²) in [5, 5.41) is 3.60. The Balaban J connectivity index is 2.41. The van der Waals surface area contributed by atoms with Gasteiger partial charge < -0.3 is 4.74 Å². The van der Waals surface area contributed by atoms with Gasteiger partial charge in [-0.3, -0.25) is 4.79 Å². The molecule has 2 aromatic carbocycles. The van der Waals surface area contributed by atoms with Gasteiger partial charge in [0.2, 0.25) is 0 Å². The zero-order valence-electron chi connectivity index (χ0n) is 17.2. The van der Waals surface area contributed by atoms with Crippen molar-refractivity contribution in [3.8, 4) is 5.75 Å². The van der Waals surface area contributed by atoms with Crippen LogP contribution in [0.25, 0.3) is 10.8 Å². The van der Waals surface area contributed by atoms with Crippen LogP contribution in [0.2, 0.25) is 0 Å². The second kappa shape index (κ2) is 8.99. The summed E-state index contributed by atoms with van der Waals surface area (Å²) in [7, 11) is 1.13. The lowest BCUT2D eigenvalue weighted by atomic mass is 9.93. The zero-order valence-corrected chi connectivity index (χ0v) is 17.2. The number of carbonyl (C=O) groups excluding carboxylic acids is 1. The van der Waals surface area contributed by atoms with Crippen molar-refractivity contribution in [3.63, 3.8) is 0 Å². The summed E-state index contributed by atoms with van der Waals surface area (Å²) >= 11 is 0. The van der Waals surface area contributed by atoms with E-state index in [0.717, 1.165) is 7.11 Å². The van der Waals surface area contributed by atoms with Crippen LogP contribution in [0.5, 0.6) is 5.75 Å². The monoisotopic (exact) mass is 546 g/mol. The third-order valence-electron chi connectivity index (χ3n) is 4.73. The van der Waals surface area contributed by atoms with Gasteiger partial charge in [-0.15, -0.1) is 0 Å². The number of methoxy groups -OCH3 is 1. The number of carbonyl (C=O) groups is 1. The first kappa shape index (κ1) is 29.0. The first-order valence-corrected chi connectivity index (χ1v) is 9.03. The van der Waals surface area contributed by atoms with E-state index >= 15 is 0 Å². The molecule has 0 heterocycles. The minimum atomic E-state index is -8.11. The number of hydrogen-bond donors (Lipinski definition) is 1. The van der Waals surface area contributed by atoms with Crippen molar-refractivity contribution < 1.29 is 66.6 Å². The molecule has 0 saturated heterocycles. The van der Waals surface area contributed by atoms with E-state index in [1.165, 1.54) is 24.3 Å². The van der Waals surface area contributed by atoms with Crippen molar-refractivity contribution in [2.75, 3.05) is 7.11 Å². The third-order valence-corrected chi connectivity index (χ3v) is 4.73. The number of nitrogens with zero attached hydrogens (tertiary/aromatic N) is 1. The van der Waals surface area contributed by atoms with E-state index in [1.807, 2.05) is 0 Å². The Morgan fingerprint density at radius 3 is 1.83 bits per heavy atom. The van der Waals surface area contributed by atoms with Crippen LogP contribution in [-0.2, 0) is 4.79 Å². The summed E-state index contributed by atoms with van der Waals surface area (Å²) in [6.45, 7) is 0. The molecule has 0 aliphatic carbocycles. The maximum atomic E-state index is 13.8. The Morgan fingerprint density at radius 2 is 1.31 bits per heavy atom. The molecular formula is C19H11F13N2O2. The number of hydrazone groups is 1. The molecule has 0 spiro atoms. The molecule has 1 N–H and O–H groups in total. The predicted molar refractivity (Wildman–Crippen MR) is 97.0 cm³/mol. The molecule has 0 saturated carbocycles. The van der Waals surface area contributed by atoms with Gasteiger partial charge in [0.25, 0.3) is 0 Å². The molecule has 0 aliphatic rings. The lowest BCUT2D eigenvalue weighted by Crippen LogP contribution is -2.71. The summed E-state index contributed by atoms with van der Waals surface area (Å²) in [6.07, 6.45) is -7.03. The Hall–Kier alpha value is -3.27. The summed E-state index contributed by atoms with van der Waals surface area (Å²) in [4.78, 5) is 11.5. The predicted octanol–water partition coefficient (Wildman–Crippen LogP) is 6.04. The molecule has 2 rings (SSSR count). The fourth-order valence-corrected chi connectivity index (χ4v) is 2.72. The summed E-state index contributed by atoms with van der Waals surface area (Å²) in [6, 6.07) is 8.84. The van der Waals surface area contributed by atoms with Crippen molar-refractivity contribution in [3.05, 3.63) is 42.0 Å². The Labute approximate surface area is 191 Å². The van der Waals surface area contributed by atoms with Gasteiger partial charge in [0.1, 0.15) is 5.75 Å². The zero-order chi connectivity index (χ0) is 28.0. The Bertz CT molecular complexity index is 1160. The minimum absolute atomic E-state index is 0.0238. The molecule has 0 bridgehead atoms. The molecule has 0 radical (unpaired) electrons. The number of benzene rings is 2. The van der Waals surface area contributed by atoms with Crippen LogP contribution in [0, 0.1) is 0 Å². The van der Waals surface area contributed by atoms with Crippen LogP contribution in [-0.4, -0.2) is 55.0 Å². The highest BCUT2D eigenvalue weighted by Crippen LogP contribution is 2.60. The van der Waals surface area contributed by atoms with E-state index in [-0.39, 0.29) is 16.7 Å². The number of rotatable bonds is 8. The van der Waals surface area contributed by atoms with Gasteiger partial charge in [0.15, 0.2) is 0 Å². The van der Waals surface area contributed by atoms with E-state index in [4.69, 9.17) is 4.74 Å². The fraction of sp³-hybridized carbons (Fsp3) is 0.368. The van der Waals surface area contributed by atoms with Crippen molar-refractivity contribution in [1.29, 1.82) is 0 Å². The van der Waals surface area contributed by atoms with Crippen LogP contribution in [0.4, 0.5) is 57.1 Å². The van der Waals surface area contributed by atoms with Crippen molar-refractivity contribution in [2.45, 2.75) is 35.8 Å². The van der Waals surface area contributed by atoms with Crippen molar-refractivity contribution >= 4 is 22.9 Å². The molecule has 0 unspecified atom stereocenters. The number of fused-ring (bicyclic) bond motifs is 1. The van der Waals surface area contributed by atoms with Crippen LogP contribution in [0.15, 0.2) is 41.5 Å². The van der Waals surface area contributed by atoms with E-state index < -0.39 is 41.7 Å². The number of ether oxygens (including phenoxy) is 1.